The second kappa shape index (κ2) is 12.1. The van der Waals surface area contributed by atoms with E-state index in [2.05, 4.69) is 107 Å². The molecule has 0 aliphatic rings. The summed E-state index contributed by atoms with van der Waals surface area (Å²) >= 11 is 0. The van der Waals surface area contributed by atoms with Crippen LogP contribution in [0, 0.1) is 0 Å². The Morgan fingerprint density at radius 1 is 0.576 bits per heavy atom. The van der Waals surface area contributed by atoms with Gasteiger partial charge in [0, 0.05) is 10.8 Å². The van der Waals surface area contributed by atoms with Crippen LogP contribution in [-0.2, 0) is 17.3 Å². The molecule has 0 heterocycles. The third-order valence-electron chi connectivity index (χ3n) is 6.71. The number of ether oxygens (including phenoxy) is 1. The lowest BCUT2D eigenvalue weighted by molar-refractivity contribution is 0.340. The van der Waals surface area contributed by atoms with Crippen molar-refractivity contribution in [3.05, 3.63) is 101 Å². The van der Waals surface area contributed by atoms with Crippen LogP contribution in [0.4, 0.5) is 0 Å². The van der Waals surface area contributed by atoms with Crippen LogP contribution in [0.2, 0.25) is 0 Å². The third-order valence-corrected chi connectivity index (χ3v) is 6.71. The van der Waals surface area contributed by atoms with Crippen molar-refractivity contribution in [3.8, 4) is 5.75 Å². The van der Waals surface area contributed by atoms with E-state index in [0.717, 1.165) is 5.75 Å². The predicted molar refractivity (Wildman–Crippen MR) is 145 cm³/mol. The Hall–Kier alpha value is -2.54. The van der Waals surface area contributed by atoms with Crippen molar-refractivity contribution in [2.24, 2.45) is 0 Å². The van der Waals surface area contributed by atoms with Gasteiger partial charge in [-0.3, -0.25) is 0 Å². The van der Waals surface area contributed by atoms with Crippen LogP contribution in [-0.4, -0.2) is 6.61 Å². The van der Waals surface area contributed by atoms with Crippen LogP contribution in [0.15, 0.2) is 72.8 Å². The minimum Gasteiger partial charge on any atom is -0.494 e. The van der Waals surface area contributed by atoms with Crippen LogP contribution in [0.1, 0.15) is 96.0 Å². The van der Waals surface area contributed by atoms with Gasteiger partial charge in [0.2, 0.25) is 0 Å². The van der Waals surface area contributed by atoms with E-state index in [1.165, 1.54) is 47.1 Å². The van der Waals surface area contributed by atoms with Crippen LogP contribution in [0.5, 0.6) is 5.75 Å². The molecule has 3 rings (SSSR count). The Morgan fingerprint density at radius 3 is 1.30 bits per heavy atom. The summed E-state index contributed by atoms with van der Waals surface area (Å²) in [6.45, 7) is 18.2. The van der Waals surface area contributed by atoms with Crippen molar-refractivity contribution in [1.29, 1.82) is 0 Å². The summed E-state index contributed by atoms with van der Waals surface area (Å²) in [6, 6.07) is 26.9. The second-order valence-electron chi connectivity index (χ2n) is 9.59. The van der Waals surface area contributed by atoms with Gasteiger partial charge < -0.3 is 4.74 Å². The average Bonchev–Trinajstić information content (AvgIpc) is 2.85. The average molecular weight is 445 g/mol. The maximum Gasteiger partial charge on any atom is 0.119 e. The molecule has 0 bridgehead atoms. The lowest BCUT2D eigenvalue weighted by Gasteiger charge is -2.29. The molecular weight excluding hydrogens is 400 g/mol. The predicted octanol–water partition coefficient (Wildman–Crippen LogP) is 9.11. The maximum absolute atomic E-state index is 5.60. The van der Waals surface area contributed by atoms with E-state index in [1.54, 1.807) is 0 Å². The molecule has 178 valence electrons. The summed E-state index contributed by atoms with van der Waals surface area (Å²) in [6.07, 6.45) is 3.67. The normalized spacial score (nSPS) is 11.5. The highest BCUT2D eigenvalue weighted by Gasteiger charge is 2.26. The van der Waals surface area contributed by atoms with Crippen LogP contribution >= 0.6 is 0 Å². The van der Waals surface area contributed by atoms with Crippen molar-refractivity contribution in [3.63, 3.8) is 0 Å². The van der Waals surface area contributed by atoms with Gasteiger partial charge in [0.05, 0.1) is 6.61 Å². The minimum absolute atomic E-state index is 0.0227. The molecule has 1 nitrogen and oxygen atoms in total. The number of hydrogen-bond acceptors (Lipinski definition) is 1. The summed E-state index contributed by atoms with van der Waals surface area (Å²) in [5, 5.41) is 0. The Bertz CT molecular complexity index is 945. The first-order valence-corrected chi connectivity index (χ1v) is 12.7. The number of unbranched alkanes of at least 4 members (excludes halogenated alkanes) is 1. The largest absolute Gasteiger partial charge is 0.494 e. The van der Waals surface area contributed by atoms with Gasteiger partial charge in [-0.25, -0.2) is 0 Å². The fourth-order valence-corrected chi connectivity index (χ4v) is 4.24. The second-order valence-corrected chi connectivity index (χ2v) is 9.59. The van der Waals surface area contributed by atoms with Gasteiger partial charge in [0.1, 0.15) is 5.75 Å². The molecule has 33 heavy (non-hydrogen) atoms. The van der Waals surface area contributed by atoms with Gasteiger partial charge in [-0.1, -0.05) is 116 Å². The number of benzene rings is 3. The van der Waals surface area contributed by atoms with Gasteiger partial charge in [-0.05, 0) is 59.7 Å². The van der Waals surface area contributed by atoms with E-state index in [0.29, 0.717) is 6.61 Å². The van der Waals surface area contributed by atoms with Gasteiger partial charge >= 0.3 is 0 Å². The molecule has 0 aliphatic heterocycles. The van der Waals surface area contributed by atoms with E-state index in [-0.39, 0.29) is 10.8 Å². The Labute approximate surface area is 203 Å². The van der Waals surface area contributed by atoms with Gasteiger partial charge in [0.15, 0.2) is 0 Å². The Balaban J connectivity index is 0.00000187. The molecule has 1 heteroatoms. The zero-order valence-corrected chi connectivity index (χ0v) is 22.2. The summed E-state index contributed by atoms with van der Waals surface area (Å²) < 4.78 is 5.60. The molecule has 0 spiro atoms. The number of aryl methyl sites for hydroxylation is 1. The first-order valence-electron chi connectivity index (χ1n) is 12.7. The minimum atomic E-state index is -0.0612. The highest BCUT2D eigenvalue weighted by atomic mass is 16.5. The fraction of sp³-hybridized carbons (Fsp3) is 0.438. The summed E-state index contributed by atoms with van der Waals surface area (Å²) in [4.78, 5) is 0. The van der Waals surface area contributed by atoms with E-state index >= 15 is 0 Å². The molecule has 0 atom stereocenters. The monoisotopic (exact) mass is 444 g/mol. The molecule has 0 saturated heterocycles. The topological polar surface area (TPSA) is 9.23 Å². The molecule has 0 fully saturated rings. The molecule has 0 radical (unpaired) electrons. The maximum atomic E-state index is 5.60. The molecule has 0 N–H and O–H groups in total. The van der Waals surface area contributed by atoms with Crippen molar-refractivity contribution in [2.45, 2.75) is 85.5 Å². The van der Waals surface area contributed by atoms with Crippen molar-refractivity contribution >= 4 is 0 Å². The zero-order chi connectivity index (χ0) is 24.5. The Morgan fingerprint density at radius 2 is 0.939 bits per heavy atom. The lowest BCUT2D eigenvalue weighted by atomic mass is 9.74. The number of hydrogen-bond donors (Lipinski definition) is 0. The molecule has 0 aliphatic carbocycles. The highest BCUT2D eigenvalue weighted by Crippen LogP contribution is 2.36. The van der Waals surface area contributed by atoms with Crippen molar-refractivity contribution < 1.29 is 4.74 Å². The smallest absolute Gasteiger partial charge is 0.119 e. The number of rotatable bonds is 9. The van der Waals surface area contributed by atoms with Gasteiger partial charge in [-0.2, -0.15) is 0 Å². The first-order chi connectivity index (χ1) is 15.8. The summed E-state index contributed by atoms with van der Waals surface area (Å²) in [5.41, 5.74) is 6.69. The molecule has 3 aromatic carbocycles. The molecule has 0 unspecified atom stereocenters. The van der Waals surface area contributed by atoms with Crippen molar-refractivity contribution in [1.82, 2.24) is 0 Å². The van der Waals surface area contributed by atoms with Gasteiger partial charge in [-0.15, -0.1) is 0 Å². The standard InChI is InChI=1S/C30H38O.C2H6/c1-7-9-10-23-11-13-24(14-12-23)29(3,4)25-15-17-26(18-16-25)30(5,6)27-19-21-28(22-20-27)31-8-2;1-2/h11-22H,7-10H2,1-6H3;1-2H3. The highest BCUT2D eigenvalue weighted by molar-refractivity contribution is 5.44. The molecular formula is C32H44O. The van der Waals surface area contributed by atoms with E-state index in [9.17, 15) is 0 Å². The quantitative estimate of drug-likeness (QED) is 0.320. The first kappa shape index (κ1) is 26.7. The zero-order valence-electron chi connectivity index (χ0n) is 22.2. The summed E-state index contributed by atoms with van der Waals surface area (Å²) in [5.74, 6) is 0.930. The fourth-order valence-electron chi connectivity index (χ4n) is 4.24. The van der Waals surface area contributed by atoms with E-state index in [4.69, 9.17) is 4.74 Å². The molecule has 0 aromatic heterocycles. The lowest BCUT2D eigenvalue weighted by Crippen LogP contribution is -2.21. The third kappa shape index (κ3) is 6.50. The van der Waals surface area contributed by atoms with Crippen LogP contribution in [0.3, 0.4) is 0 Å². The molecule has 0 amide bonds. The molecule has 3 aromatic rings. The van der Waals surface area contributed by atoms with E-state index in [1.807, 2.05) is 20.8 Å². The van der Waals surface area contributed by atoms with Crippen molar-refractivity contribution in [2.75, 3.05) is 6.61 Å². The van der Waals surface area contributed by atoms with Crippen LogP contribution < -0.4 is 4.74 Å². The van der Waals surface area contributed by atoms with Crippen LogP contribution in [0.25, 0.3) is 0 Å². The van der Waals surface area contributed by atoms with E-state index < -0.39 is 0 Å². The molecule has 0 saturated carbocycles. The SMILES string of the molecule is CC.CCCCc1ccc(C(C)(C)c2ccc(C(C)(C)c3ccc(OCC)cc3)cc2)cc1. The Kier molecular flexibility index (Phi) is 9.77. The van der Waals surface area contributed by atoms with Gasteiger partial charge in [0.25, 0.3) is 0 Å². The summed E-state index contributed by atoms with van der Waals surface area (Å²) in [7, 11) is 0.